The van der Waals surface area contributed by atoms with Crippen molar-refractivity contribution in [3.05, 3.63) is 0 Å². The Kier molecular flexibility index (Phi) is 4.18. The monoisotopic (exact) mass is 160 g/mol. The molecule has 1 aliphatic heterocycles. The Labute approximate surface area is 67.3 Å². The van der Waals surface area contributed by atoms with E-state index in [0.717, 1.165) is 12.6 Å². The smallest absolute Gasteiger partial charge is 0.0308 e. The lowest BCUT2D eigenvalue weighted by atomic mass is 10.3. The number of nitrogens with one attached hydrogen (secondary N) is 2. The molecule has 10 heavy (non-hydrogen) atoms. The Balaban J connectivity index is 1.91. The van der Waals surface area contributed by atoms with Crippen LogP contribution in [0.2, 0.25) is 0 Å². The average molecular weight is 160 g/mol. The summed E-state index contributed by atoms with van der Waals surface area (Å²) in [6.07, 6.45) is 2.55. The lowest BCUT2D eigenvalue weighted by molar-refractivity contribution is 0.692. The van der Waals surface area contributed by atoms with Gasteiger partial charge in [0.05, 0.1) is 0 Å². The van der Waals surface area contributed by atoms with Gasteiger partial charge < -0.3 is 5.32 Å². The standard InChI is InChI=1S/C7H16N2S/c1-2-5-10-9-7-3-4-8-6-7/h7-9H,2-6H2,1H3. The van der Waals surface area contributed by atoms with Gasteiger partial charge in [-0.05, 0) is 19.4 Å². The summed E-state index contributed by atoms with van der Waals surface area (Å²) in [7, 11) is 0. The maximum Gasteiger partial charge on any atom is 0.0308 e. The van der Waals surface area contributed by atoms with Gasteiger partial charge in [-0.25, -0.2) is 0 Å². The molecule has 1 fully saturated rings. The SMILES string of the molecule is CCCSNC1CCNC1. The molecule has 3 heteroatoms. The van der Waals surface area contributed by atoms with E-state index in [-0.39, 0.29) is 0 Å². The van der Waals surface area contributed by atoms with Crippen LogP contribution in [0.25, 0.3) is 0 Å². The highest BCUT2D eigenvalue weighted by molar-refractivity contribution is 7.97. The van der Waals surface area contributed by atoms with E-state index < -0.39 is 0 Å². The lowest BCUT2D eigenvalue weighted by Gasteiger charge is -2.08. The van der Waals surface area contributed by atoms with Gasteiger partial charge in [0, 0.05) is 18.3 Å². The van der Waals surface area contributed by atoms with Crippen LogP contribution in [0.5, 0.6) is 0 Å². The zero-order valence-corrected chi connectivity index (χ0v) is 7.34. The molecular formula is C7H16N2S. The quantitative estimate of drug-likeness (QED) is 0.474. The van der Waals surface area contributed by atoms with Crippen LogP contribution in [0.1, 0.15) is 19.8 Å². The van der Waals surface area contributed by atoms with Gasteiger partial charge in [-0.2, -0.15) is 0 Å². The van der Waals surface area contributed by atoms with Crippen molar-refractivity contribution in [2.75, 3.05) is 18.8 Å². The Morgan fingerprint density at radius 3 is 3.20 bits per heavy atom. The van der Waals surface area contributed by atoms with Gasteiger partial charge >= 0.3 is 0 Å². The van der Waals surface area contributed by atoms with Crippen LogP contribution in [-0.2, 0) is 0 Å². The van der Waals surface area contributed by atoms with Gasteiger partial charge in [0.25, 0.3) is 0 Å². The molecule has 1 unspecified atom stereocenters. The minimum atomic E-state index is 0.719. The van der Waals surface area contributed by atoms with Crippen molar-refractivity contribution in [1.82, 2.24) is 10.0 Å². The van der Waals surface area contributed by atoms with Gasteiger partial charge in [-0.3, -0.25) is 4.72 Å². The van der Waals surface area contributed by atoms with Crippen molar-refractivity contribution < 1.29 is 0 Å². The van der Waals surface area contributed by atoms with E-state index in [4.69, 9.17) is 0 Å². The van der Waals surface area contributed by atoms with Crippen LogP contribution in [0.3, 0.4) is 0 Å². The molecule has 1 atom stereocenters. The molecule has 1 saturated heterocycles. The second-order valence-corrected chi connectivity index (χ2v) is 3.59. The molecule has 0 amide bonds. The van der Waals surface area contributed by atoms with Crippen LogP contribution < -0.4 is 10.0 Å². The molecule has 0 aromatic carbocycles. The third kappa shape index (κ3) is 2.90. The molecule has 2 nitrogen and oxygen atoms in total. The van der Waals surface area contributed by atoms with E-state index in [2.05, 4.69) is 17.0 Å². The molecule has 1 aliphatic rings. The highest BCUT2D eigenvalue weighted by atomic mass is 32.2. The maximum absolute atomic E-state index is 3.44. The number of hydrogen-bond acceptors (Lipinski definition) is 3. The van der Waals surface area contributed by atoms with Crippen molar-refractivity contribution >= 4 is 11.9 Å². The summed E-state index contributed by atoms with van der Waals surface area (Å²) < 4.78 is 3.44. The summed E-state index contributed by atoms with van der Waals surface area (Å²) in [5.74, 6) is 1.23. The number of rotatable bonds is 4. The molecule has 1 rings (SSSR count). The third-order valence-electron chi connectivity index (χ3n) is 1.62. The molecular weight excluding hydrogens is 144 g/mol. The Hall–Kier alpha value is 0.270. The van der Waals surface area contributed by atoms with Crippen molar-refractivity contribution in [2.45, 2.75) is 25.8 Å². The van der Waals surface area contributed by atoms with Crippen LogP contribution in [-0.4, -0.2) is 24.9 Å². The van der Waals surface area contributed by atoms with Crippen molar-refractivity contribution in [1.29, 1.82) is 0 Å². The molecule has 0 radical (unpaired) electrons. The zero-order valence-electron chi connectivity index (χ0n) is 6.52. The van der Waals surface area contributed by atoms with E-state index in [9.17, 15) is 0 Å². The largest absolute Gasteiger partial charge is 0.315 e. The zero-order chi connectivity index (χ0) is 7.23. The predicted molar refractivity (Wildman–Crippen MR) is 47.2 cm³/mol. The van der Waals surface area contributed by atoms with Crippen LogP contribution in [0, 0.1) is 0 Å². The van der Waals surface area contributed by atoms with E-state index in [1.807, 2.05) is 11.9 Å². The normalized spacial score (nSPS) is 25.5. The Bertz CT molecular complexity index is 81.7. The number of hydrogen-bond donors (Lipinski definition) is 2. The highest BCUT2D eigenvalue weighted by Gasteiger charge is 2.12. The van der Waals surface area contributed by atoms with Crippen molar-refractivity contribution in [3.8, 4) is 0 Å². The van der Waals surface area contributed by atoms with Gasteiger partial charge in [-0.15, -0.1) is 0 Å². The van der Waals surface area contributed by atoms with Gasteiger partial charge in [0.15, 0.2) is 0 Å². The van der Waals surface area contributed by atoms with E-state index in [1.165, 1.54) is 25.1 Å². The summed E-state index contributed by atoms with van der Waals surface area (Å²) in [5.41, 5.74) is 0. The summed E-state index contributed by atoms with van der Waals surface area (Å²) >= 11 is 1.86. The van der Waals surface area contributed by atoms with Crippen molar-refractivity contribution in [2.24, 2.45) is 0 Å². The Morgan fingerprint density at radius 2 is 2.60 bits per heavy atom. The van der Waals surface area contributed by atoms with Gasteiger partial charge in [-0.1, -0.05) is 18.9 Å². The molecule has 0 bridgehead atoms. The molecule has 1 heterocycles. The van der Waals surface area contributed by atoms with Gasteiger partial charge in [0.1, 0.15) is 0 Å². The van der Waals surface area contributed by atoms with Crippen molar-refractivity contribution in [3.63, 3.8) is 0 Å². The van der Waals surface area contributed by atoms with Crippen LogP contribution in [0.15, 0.2) is 0 Å². The fourth-order valence-electron chi connectivity index (χ4n) is 1.03. The van der Waals surface area contributed by atoms with Crippen LogP contribution in [0.4, 0.5) is 0 Å². The molecule has 0 aromatic heterocycles. The fraction of sp³-hybridized carbons (Fsp3) is 1.00. The first-order chi connectivity index (χ1) is 4.93. The average Bonchev–Trinajstić information content (AvgIpc) is 2.41. The maximum atomic E-state index is 3.44. The molecule has 0 aliphatic carbocycles. The molecule has 2 N–H and O–H groups in total. The first-order valence-electron chi connectivity index (χ1n) is 4.01. The molecule has 0 spiro atoms. The van der Waals surface area contributed by atoms with E-state index in [0.29, 0.717) is 0 Å². The van der Waals surface area contributed by atoms with E-state index >= 15 is 0 Å². The first kappa shape index (κ1) is 8.37. The minimum absolute atomic E-state index is 0.719. The second kappa shape index (κ2) is 4.99. The van der Waals surface area contributed by atoms with Gasteiger partial charge in [0.2, 0.25) is 0 Å². The summed E-state index contributed by atoms with van der Waals surface area (Å²) in [5, 5.41) is 3.32. The topological polar surface area (TPSA) is 24.1 Å². The first-order valence-corrected chi connectivity index (χ1v) is 5.00. The summed E-state index contributed by atoms with van der Waals surface area (Å²) in [4.78, 5) is 0. The van der Waals surface area contributed by atoms with E-state index in [1.54, 1.807) is 0 Å². The lowest BCUT2D eigenvalue weighted by Crippen LogP contribution is -2.25. The molecule has 0 aromatic rings. The third-order valence-corrected chi connectivity index (χ3v) is 2.73. The summed E-state index contributed by atoms with van der Waals surface area (Å²) in [6, 6.07) is 0.719. The predicted octanol–water partition coefficient (Wildman–Crippen LogP) is 0.996. The fourth-order valence-corrected chi connectivity index (χ4v) is 1.79. The molecule has 0 saturated carbocycles. The molecule has 60 valence electrons. The minimum Gasteiger partial charge on any atom is -0.315 e. The second-order valence-electron chi connectivity index (χ2n) is 2.66. The Morgan fingerprint density at radius 1 is 1.70 bits per heavy atom. The summed E-state index contributed by atoms with van der Waals surface area (Å²) in [6.45, 7) is 4.54. The van der Waals surface area contributed by atoms with Crippen LogP contribution >= 0.6 is 11.9 Å². The highest BCUT2D eigenvalue weighted by Crippen LogP contribution is 2.03.